The van der Waals surface area contributed by atoms with Crippen molar-refractivity contribution in [2.45, 2.75) is 0 Å². The van der Waals surface area contributed by atoms with E-state index in [1.165, 1.54) is 13.3 Å². The predicted octanol–water partition coefficient (Wildman–Crippen LogP) is 2.46. The highest BCUT2D eigenvalue weighted by atomic mass is 35.7. The van der Waals surface area contributed by atoms with Crippen LogP contribution in [0.3, 0.4) is 0 Å². The van der Waals surface area contributed by atoms with E-state index >= 15 is 0 Å². The molecule has 1 aliphatic heterocycles. The van der Waals surface area contributed by atoms with Gasteiger partial charge in [0.05, 0.1) is 22.2 Å². The zero-order valence-corrected chi connectivity index (χ0v) is 13.6. The molecule has 0 bridgehead atoms. The zero-order chi connectivity index (χ0) is 16.3. The van der Waals surface area contributed by atoms with Gasteiger partial charge >= 0.3 is 0 Å². The van der Waals surface area contributed by atoms with Crippen molar-refractivity contribution < 1.29 is 8.98 Å². The number of nitrogens with one attached hydrogen (secondary N) is 1. The molecule has 0 radical (unpaired) electrons. The summed E-state index contributed by atoms with van der Waals surface area (Å²) in [6.07, 6.45) is 6.28. The molecule has 0 fully saturated rings. The second-order valence-corrected chi connectivity index (χ2v) is 7.78. The van der Waals surface area contributed by atoms with E-state index in [-0.39, 0.29) is 11.1 Å². The maximum Gasteiger partial charge on any atom is 0.258 e. The Hall–Kier alpha value is -2.29. The monoisotopic (exact) mass is 349 g/mol. The van der Waals surface area contributed by atoms with E-state index in [1.807, 2.05) is 0 Å². The average Bonchev–Trinajstić information content (AvgIpc) is 2.93. The van der Waals surface area contributed by atoms with Crippen LogP contribution in [0.4, 0.5) is 0 Å². The van der Waals surface area contributed by atoms with Crippen LogP contribution in [-0.4, -0.2) is 33.2 Å². The van der Waals surface area contributed by atoms with Gasteiger partial charge in [0.1, 0.15) is 0 Å². The molecular formula is C14H12ClN5O2S. The number of amidine groups is 1. The maximum absolute atomic E-state index is 12.3. The van der Waals surface area contributed by atoms with Crippen LogP contribution >= 0.6 is 20.2 Å². The number of halogens is 1. The number of pyridine rings is 2. The highest BCUT2D eigenvalue weighted by Crippen LogP contribution is 2.59. The summed E-state index contributed by atoms with van der Waals surface area (Å²) in [5.74, 6) is -0.377. The first-order valence-electron chi connectivity index (χ1n) is 6.51. The molecule has 2 aromatic rings. The Bertz CT molecular complexity index is 784. The molecule has 1 atom stereocenters. The molecule has 3 rings (SSSR count). The van der Waals surface area contributed by atoms with Crippen LogP contribution in [0.15, 0.2) is 59.3 Å². The van der Waals surface area contributed by atoms with Crippen molar-refractivity contribution in [1.82, 2.24) is 15.3 Å². The third-order valence-corrected chi connectivity index (χ3v) is 6.24. The number of aromatic nitrogens is 2. The minimum absolute atomic E-state index is 0.183. The third-order valence-electron chi connectivity index (χ3n) is 3.03. The zero-order valence-electron chi connectivity index (χ0n) is 12.0. The molecule has 0 saturated heterocycles. The summed E-state index contributed by atoms with van der Waals surface area (Å²) in [6.45, 7) is 0. The lowest BCUT2D eigenvalue weighted by Crippen LogP contribution is -2.33. The predicted molar refractivity (Wildman–Crippen MR) is 90.4 cm³/mol. The molecule has 9 heteroatoms. The van der Waals surface area contributed by atoms with Gasteiger partial charge in [-0.3, -0.25) is 20.1 Å². The number of hydrogen-bond acceptors (Lipinski definition) is 6. The average molecular weight is 350 g/mol. The van der Waals surface area contributed by atoms with Gasteiger partial charge in [0.15, 0.2) is 5.04 Å². The summed E-state index contributed by atoms with van der Waals surface area (Å²) >= 11 is 0. The molecule has 118 valence electrons. The Labute approximate surface area is 138 Å². The summed E-state index contributed by atoms with van der Waals surface area (Å²) in [7, 11) is 5.57. The second kappa shape index (κ2) is 6.45. The first-order valence-corrected chi connectivity index (χ1v) is 8.89. The maximum atomic E-state index is 12.3. The van der Waals surface area contributed by atoms with Crippen LogP contribution < -0.4 is 5.32 Å². The number of hydrogen-bond donors (Lipinski definition) is 1. The van der Waals surface area contributed by atoms with Gasteiger partial charge in [0.2, 0.25) is 5.17 Å². The standard InChI is InChI=1S/C14H12ClN5O2S/c1-22-23(15)13(10-4-7-16-8-5-10)19-20-14(23)18-12(21)11-3-2-6-17-9-11/h2-9H,1H3,(H,18,20,21). The van der Waals surface area contributed by atoms with E-state index in [1.54, 1.807) is 42.9 Å². The topological polar surface area (TPSA) is 88.8 Å². The highest BCUT2D eigenvalue weighted by Gasteiger charge is 2.40. The van der Waals surface area contributed by atoms with Crippen molar-refractivity contribution in [2.75, 3.05) is 7.11 Å². The Balaban J connectivity index is 1.84. The van der Waals surface area contributed by atoms with Crippen molar-refractivity contribution in [1.29, 1.82) is 0 Å². The lowest BCUT2D eigenvalue weighted by atomic mass is 10.3. The summed E-state index contributed by atoms with van der Waals surface area (Å²) in [6, 6.07) is 6.81. The molecular weight excluding hydrogens is 338 g/mol. The Kier molecular flexibility index (Phi) is 4.37. The fraction of sp³-hybridized carbons (Fsp3) is 0.0714. The Morgan fingerprint density at radius 1 is 1.17 bits per heavy atom. The number of carbonyl (C=O) groups excluding carboxylic acids is 1. The number of carbonyl (C=O) groups is 1. The minimum Gasteiger partial charge on any atom is -0.313 e. The van der Waals surface area contributed by atoms with E-state index < -0.39 is 9.52 Å². The highest BCUT2D eigenvalue weighted by molar-refractivity contribution is 8.67. The molecule has 7 nitrogen and oxygen atoms in total. The van der Waals surface area contributed by atoms with Crippen molar-refractivity contribution in [2.24, 2.45) is 10.2 Å². The molecule has 0 aromatic carbocycles. The van der Waals surface area contributed by atoms with E-state index in [0.717, 1.165) is 5.56 Å². The fourth-order valence-electron chi connectivity index (χ4n) is 1.91. The second-order valence-electron chi connectivity index (χ2n) is 4.39. The van der Waals surface area contributed by atoms with Crippen LogP contribution in [-0.2, 0) is 4.18 Å². The van der Waals surface area contributed by atoms with Gasteiger partial charge in [-0.15, -0.1) is 10.2 Å². The van der Waals surface area contributed by atoms with Crippen LogP contribution in [0.2, 0.25) is 0 Å². The first-order chi connectivity index (χ1) is 11.1. The van der Waals surface area contributed by atoms with Gasteiger partial charge in [-0.05, 0) is 34.9 Å². The molecule has 0 aliphatic carbocycles. The molecule has 2 aromatic heterocycles. The summed E-state index contributed by atoms with van der Waals surface area (Å²) < 4.78 is 5.45. The molecule has 3 heterocycles. The van der Waals surface area contributed by atoms with Crippen molar-refractivity contribution in [3.8, 4) is 0 Å². The van der Waals surface area contributed by atoms with Crippen molar-refractivity contribution in [3.63, 3.8) is 0 Å². The van der Waals surface area contributed by atoms with E-state index in [4.69, 9.17) is 14.9 Å². The largest absolute Gasteiger partial charge is 0.313 e. The van der Waals surface area contributed by atoms with Gasteiger partial charge < -0.3 is 4.18 Å². The van der Waals surface area contributed by atoms with Crippen LogP contribution in [0.1, 0.15) is 15.9 Å². The molecule has 0 spiro atoms. The van der Waals surface area contributed by atoms with Gasteiger partial charge in [-0.1, -0.05) is 0 Å². The van der Waals surface area contributed by atoms with E-state index in [2.05, 4.69) is 25.5 Å². The molecule has 1 unspecified atom stereocenters. The third kappa shape index (κ3) is 2.96. The normalized spacial score (nSPS) is 22.7. The molecule has 0 saturated carbocycles. The van der Waals surface area contributed by atoms with E-state index in [9.17, 15) is 4.79 Å². The van der Waals surface area contributed by atoms with Crippen molar-refractivity contribution >= 4 is 36.3 Å². The van der Waals surface area contributed by atoms with Crippen LogP contribution in [0, 0.1) is 0 Å². The number of rotatable bonds is 3. The lowest BCUT2D eigenvalue weighted by Gasteiger charge is -2.28. The Morgan fingerprint density at radius 2 is 1.96 bits per heavy atom. The lowest BCUT2D eigenvalue weighted by molar-refractivity contribution is 0.0977. The SMILES string of the molecule is COS1(Cl)C(NC(=O)c2cccnc2)=NN=C1c1ccncc1. The fourth-order valence-corrected chi connectivity index (χ4v) is 3.93. The van der Waals surface area contributed by atoms with Crippen LogP contribution in [0.5, 0.6) is 0 Å². The molecule has 1 aliphatic rings. The van der Waals surface area contributed by atoms with E-state index in [0.29, 0.717) is 10.6 Å². The summed E-state index contributed by atoms with van der Waals surface area (Å²) in [5.41, 5.74) is 1.13. The molecule has 1 amide bonds. The van der Waals surface area contributed by atoms with Crippen molar-refractivity contribution in [3.05, 3.63) is 60.2 Å². The van der Waals surface area contributed by atoms with Gasteiger partial charge in [0.25, 0.3) is 5.91 Å². The minimum atomic E-state index is -2.49. The summed E-state index contributed by atoms with van der Waals surface area (Å²) in [5, 5.41) is 11.4. The number of nitrogens with zero attached hydrogens (tertiary/aromatic N) is 4. The van der Waals surface area contributed by atoms with Gasteiger partial charge in [-0.25, -0.2) is 0 Å². The smallest absolute Gasteiger partial charge is 0.258 e. The quantitative estimate of drug-likeness (QED) is 0.921. The van der Waals surface area contributed by atoms with Gasteiger partial charge in [-0.2, -0.15) is 0 Å². The van der Waals surface area contributed by atoms with Crippen LogP contribution in [0.25, 0.3) is 0 Å². The van der Waals surface area contributed by atoms with Gasteiger partial charge in [0, 0.05) is 30.4 Å². The molecule has 23 heavy (non-hydrogen) atoms. The molecule has 1 N–H and O–H groups in total. The summed E-state index contributed by atoms with van der Waals surface area (Å²) in [4.78, 5) is 20.1. The first kappa shape index (κ1) is 15.6. The number of amides is 1. The Morgan fingerprint density at radius 3 is 2.61 bits per heavy atom.